The fourth-order valence-electron chi connectivity index (χ4n) is 2.20. The normalized spacial score (nSPS) is 9.15. The summed E-state index contributed by atoms with van der Waals surface area (Å²) >= 11 is 0. The highest BCUT2D eigenvalue weighted by molar-refractivity contribution is 5.87. The van der Waals surface area contributed by atoms with E-state index in [2.05, 4.69) is 43.3 Å². The largest absolute Gasteiger partial charge is 0.462 e. The van der Waals surface area contributed by atoms with Crippen molar-refractivity contribution in [3.05, 3.63) is 36.5 Å². The first kappa shape index (κ1) is 39.9. The molecule has 0 fully saturated rings. The van der Waals surface area contributed by atoms with Crippen molar-refractivity contribution in [2.75, 3.05) is 26.4 Å². The highest BCUT2D eigenvalue weighted by Gasteiger charge is 2.08. The van der Waals surface area contributed by atoms with Gasteiger partial charge in [-0.05, 0) is 40.0 Å². The molecule has 0 aliphatic carbocycles. The molecule has 0 heterocycles. The predicted molar refractivity (Wildman–Crippen MR) is 149 cm³/mol. The van der Waals surface area contributed by atoms with E-state index in [-0.39, 0.29) is 37.9 Å². The van der Waals surface area contributed by atoms with Crippen molar-refractivity contribution in [1.82, 2.24) is 0 Å². The quantitative estimate of drug-likeness (QED) is 0.0577. The number of nitrogens with zero attached hydrogens (tertiary/aromatic N) is 1. The van der Waals surface area contributed by atoms with Crippen molar-refractivity contribution in [3.8, 4) is 0 Å². The summed E-state index contributed by atoms with van der Waals surface area (Å²) in [6.45, 7) is 19.9. The second-order valence-corrected chi connectivity index (χ2v) is 8.57. The number of ketones is 2. The molecule has 0 saturated carbocycles. The summed E-state index contributed by atoms with van der Waals surface area (Å²) < 4.78 is 14.4. The first-order valence-electron chi connectivity index (χ1n) is 12.9. The third kappa shape index (κ3) is 30.5. The molecule has 0 atom stereocenters. The number of ether oxygens (including phenoxy) is 3. The molecular formula is C29H45NO9. The summed E-state index contributed by atoms with van der Waals surface area (Å²) in [6.07, 6.45) is 5.37. The third-order valence-electron chi connectivity index (χ3n) is 4.12. The lowest BCUT2D eigenvalue weighted by Gasteiger charge is -2.05. The summed E-state index contributed by atoms with van der Waals surface area (Å²) in [6, 6.07) is 0. The minimum atomic E-state index is -0.467. The molecule has 220 valence electrons. The zero-order chi connectivity index (χ0) is 30.6. The second-order valence-electron chi connectivity index (χ2n) is 8.57. The van der Waals surface area contributed by atoms with E-state index in [0.29, 0.717) is 61.7 Å². The van der Waals surface area contributed by atoms with E-state index in [4.69, 9.17) is 9.47 Å². The van der Waals surface area contributed by atoms with Crippen LogP contribution in [0.5, 0.6) is 0 Å². The standard InChI is InChI=1S/C19H28O6.C7H9NO3.C3H8/c1-14(2)18(22)24-12-6-10-16(20)8-5-9-17(21)11-7-13-25-19(23)15(3)4;1-6(2)7(10)11-4-3-8-5-9;1-3-2/h1,3,5-13H2,2,4H3;1,3-4H2,2H3;3H2,1-2H3. The first-order valence-corrected chi connectivity index (χ1v) is 12.9. The molecule has 0 unspecified atom stereocenters. The van der Waals surface area contributed by atoms with Gasteiger partial charge in [0, 0.05) is 42.4 Å². The van der Waals surface area contributed by atoms with Crippen LogP contribution in [-0.2, 0) is 43.0 Å². The number of aliphatic imine (C=N–C) groups is 1. The molecule has 0 rings (SSSR count). The molecule has 0 spiro atoms. The number of carbonyl (C=O) groups excluding carboxylic acids is 6. The van der Waals surface area contributed by atoms with Gasteiger partial charge < -0.3 is 14.2 Å². The molecule has 10 nitrogen and oxygen atoms in total. The van der Waals surface area contributed by atoms with Crippen molar-refractivity contribution in [2.24, 2.45) is 4.99 Å². The monoisotopic (exact) mass is 551 g/mol. The Kier molecular flexibility index (Phi) is 28.0. The second kappa shape index (κ2) is 27.4. The van der Waals surface area contributed by atoms with Crippen LogP contribution in [0.15, 0.2) is 41.4 Å². The molecule has 0 aromatic heterocycles. The van der Waals surface area contributed by atoms with Crippen LogP contribution in [0.1, 0.15) is 86.0 Å². The Morgan fingerprint density at radius 1 is 0.615 bits per heavy atom. The number of esters is 3. The molecule has 0 bridgehead atoms. The number of Topliss-reactive ketones (excluding diaryl/α,β-unsaturated/α-hetero) is 2. The van der Waals surface area contributed by atoms with Gasteiger partial charge in [-0.2, -0.15) is 0 Å². The van der Waals surface area contributed by atoms with Crippen LogP contribution in [-0.4, -0.2) is 61.9 Å². The Morgan fingerprint density at radius 2 is 0.923 bits per heavy atom. The van der Waals surface area contributed by atoms with Crippen LogP contribution < -0.4 is 0 Å². The van der Waals surface area contributed by atoms with E-state index >= 15 is 0 Å². The average Bonchev–Trinajstić information content (AvgIpc) is 2.87. The van der Waals surface area contributed by atoms with Gasteiger partial charge in [0.2, 0.25) is 6.08 Å². The molecule has 0 N–H and O–H groups in total. The van der Waals surface area contributed by atoms with E-state index in [1.165, 1.54) is 12.5 Å². The van der Waals surface area contributed by atoms with Gasteiger partial charge in [0.1, 0.15) is 18.2 Å². The fourth-order valence-corrected chi connectivity index (χ4v) is 2.20. The van der Waals surface area contributed by atoms with E-state index < -0.39 is 17.9 Å². The van der Waals surface area contributed by atoms with E-state index in [1.54, 1.807) is 20.8 Å². The molecule has 0 aliphatic heterocycles. The minimum absolute atomic E-state index is 0.0505. The minimum Gasteiger partial charge on any atom is -0.462 e. The van der Waals surface area contributed by atoms with Gasteiger partial charge in [-0.15, -0.1) is 0 Å². The molecule has 0 radical (unpaired) electrons. The van der Waals surface area contributed by atoms with Crippen molar-refractivity contribution in [2.45, 2.75) is 86.0 Å². The zero-order valence-corrected chi connectivity index (χ0v) is 24.2. The molecule has 0 aromatic carbocycles. The third-order valence-corrected chi connectivity index (χ3v) is 4.12. The lowest BCUT2D eigenvalue weighted by atomic mass is 10.1. The molecule has 0 saturated heterocycles. The Bertz CT molecular complexity index is 822. The zero-order valence-electron chi connectivity index (χ0n) is 24.2. The summed E-state index contributed by atoms with van der Waals surface area (Å²) in [7, 11) is 0. The average molecular weight is 552 g/mol. The van der Waals surface area contributed by atoms with Gasteiger partial charge >= 0.3 is 17.9 Å². The Morgan fingerprint density at radius 3 is 1.23 bits per heavy atom. The van der Waals surface area contributed by atoms with E-state index in [9.17, 15) is 28.8 Å². The van der Waals surface area contributed by atoms with Crippen molar-refractivity contribution in [3.63, 3.8) is 0 Å². The highest BCUT2D eigenvalue weighted by Crippen LogP contribution is 2.06. The fraction of sp³-hybridized carbons (Fsp3) is 0.586. The Labute approximate surface area is 232 Å². The van der Waals surface area contributed by atoms with E-state index in [1.807, 2.05) is 0 Å². The summed E-state index contributed by atoms with van der Waals surface area (Å²) in [5, 5.41) is 0. The Hall–Kier alpha value is -3.65. The number of isocyanates is 1. The smallest absolute Gasteiger partial charge is 0.333 e. The molecule has 39 heavy (non-hydrogen) atoms. The van der Waals surface area contributed by atoms with Crippen LogP contribution in [0.4, 0.5) is 0 Å². The van der Waals surface area contributed by atoms with E-state index in [0.717, 1.165) is 0 Å². The van der Waals surface area contributed by atoms with Crippen molar-refractivity contribution < 1.29 is 43.0 Å². The summed E-state index contributed by atoms with van der Waals surface area (Å²) in [5.74, 6) is -1.27. The molecule has 10 heteroatoms. The van der Waals surface area contributed by atoms with Gasteiger partial charge in [-0.3, -0.25) is 9.59 Å². The maximum Gasteiger partial charge on any atom is 0.333 e. The molecule has 0 aliphatic rings. The van der Waals surface area contributed by atoms with Crippen LogP contribution >= 0.6 is 0 Å². The van der Waals surface area contributed by atoms with Gasteiger partial charge in [0.25, 0.3) is 0 Å². The summed E-state index contributed by atoms with van der Waals surface area (Å²) in [5.41, 5.74) is 0.999. The lowest BCUT2D eigenvalue weighted by Crippen LogP contribution is -2.09. The molecule has 0 amide bonds. The van der Waals surface area contributed by atoms with Crippen LogP contribution in [0.2, 0.25) is 0 Å². The maximum absolute atomic E-state index is 11.7. The number of carbonyl (C=O) groups is 5. The highest BCUT2D eigenvalue weighted by atomic mass is 16.5. The first-order chi connectivity index (χ1) is 18.3. The van der Waals surface area contributed by atoms with Gasteiger partial charge in [-0.1, -0.05) is 40.0 Å². The van der Waals surface area contributed by atoms with Crippen LogP contribution in [0.3, 0.4) is 0 Å². The number of hydrogen-bond acceptors (Lipinski definition) is 10. The Balaban J connectivity index is -0.000000766. The van der Waals surface area contributed by atoms with Gasteiger partial charge in [0.15, 0.2) is 0 Å². The lowest BCUT2D eigenvalue weighted by molar-refractivity contribution is -0.140. The molecular weight excluding hydrogens is 506 g/mol. The predicted octanol–water partition coefficient (Wildman–Crippen LogP) is 4.95. The number of rotatable bonds is 18. The van der Waals surface area contributed by atoms with Gasteiger partial charge in [-0.25, -0.2) is 24.2 Å². The van der Waals surface area contributed by atoms with Crippen LogP contribution in [0.25, 0.3) is 0 Å². The molecule has 0 aromatic rings. The number of hydrogen-bond donors (Lipinski definition) is 0. The van der Waals surface area contributed by atoms with Crippen molar-refractivity contribution in [1.29, 1.82) is 0 Å². The van der Waals surface area contributed by atoms with Crippen LogP contribution in [0, 0.1) is 0 Å². The topological polar surface area (TPSA) is 142 Å². The van der Waals surface area contributed by atoms with Crippen molar-refractivity contribution >= 4 is 35.6 Å². The van der Waals surface area contributed by atoms with Gasteiger partial charge in [0.05, 0.1) is 19.8 Å². The summed E-state index contributed by atoms with van der Waals surface area (Å²) in [4.78, 5) is 69.0. The maximum atomic E-state index is 11.7. The SMILES string of the molecule is C=C(C)C(=O)OCCCC(=O)CCCC(=O)CCCOC(=O)C(=C)C.C=C(C)C(=O)OCCN=C=O.CCC.